The van der Waals surface area contributed by atoms with Crippen LogP contribution in [0.25, 0.3) is 0 Å². The van der Waals surface area contributed by atoms with Gasteiger partial charge in [-0.15, -0.1) is 0 Å². The molecule has 0 spiro atoms. The van der Waals surface area contributed by atoms with E-state index in [1.54, 1.807) is 25.2 Å². The summed E-state index contributed by atoms with van der Waals surface area (Å²) in [5.41, 5.74) is 0.314. The number of anilines is 1. The molecule has 0 amide bonds. The summed E-state index contributed by atoms with van der Waals surface area (Å²) in [5.74, 6) is 0. The Morgan fingerprint density at radius 1 is 1.37 bits per heavy atom. The molecule has 0 aliphatic rings. The zero-order valence-corrected chi connectivity index (χ0v) is 13.5. The van der Waals surface area contributed by atoms with Crippen molar-refractivity contribution in [2.24, 2.45) is 7.05 Å². The first-order valence-electron chi connectivity index (χ1n) is 4.96. The SMILES string of the molecule is Cn1cnc(S(=O)(=O)Nc2cccc(Cl)c2Br)c1Cl. The predicted octanol–water partition coefficient (Wildman–Crippen LogP) is 3.29. The molecule has 0 bridgehead atoms. The van der Waals surface area contributed by atoms with Gasteiger partial charge in [-0.3, -0.25) is 4.72 Å². The van der Waals surface area contributed by atoms with Crippen LogP contribution in [0, 0.1) is 0 Å². The van der Waals surface area contributed by atoms with Gasteiger partial charge in [-0.1, -0.05) is 29.3 Å². The Kier molecular flexibility index (Phi) is 4.10. The van der Waals surface area contributed by atoms with Crippen LogP contribution in [-0.2, 0) is 17.1 Å². The van der Waals surface area contributed by atoms with Gasteiger partial charge in [-0.2, -0.15) is 8.42 Å². The molecule has 102 valence electrons. The maximum absolute atomic E-state index is 12.2. The number of imidazole rings is 1. The summed E-state index contributed by atoms with van der Waals surface area (Å²) in [7, 11) is -2.26. The van der Waals surface area contributed by atoms with Gasteiger partial charge >= 0.3 is 0 Å². The zero-order valence-electron chi connectivity index (χ0n) is 9.56. The Balaban J connectivity index is 2.42. The molecule has 1 aromatic carbocycles. The third-order valence-electron chi connectivity index (χ3n) is 2.28. The van der Waals surface area contributed by atoms with Gasteiger partial charge < -0.3 is 4.57 Å². The number of benzene rings is 1. The first-order chi connectivity index (χ1) is 8.83. The highest BCUT2D eigenvalue weighted by Crippen LogP contribution is 2.32. The Hall–Kier alpha value is -0.760. The highest BCUT2D eigenvalue weighted by atomic mass is 79.9. The first-order valence-corrected chi connectivity index (χ1v) is 8.00. The molecular weight excluding hydrogens is 377 g/mol. The number of hydrogen-bond donors (Lipinski definition) is 1. The van der Waals surface area contributed by atoms with Crippen LogP contribution < -0.4 is 4.72 Å². The van der Waals surface area contributed by atoms with E-state index in [0.717, 1.165) is 0 Å². The van der Waals surface area contributed by atoms with Gasteiger partial charge in [0.05, 0.1) is 21.5 Å². The molecule has 0 fully saturated rings. The molecule has 9 heteroatoms. The lowest BCUT2D eigenvalue weighted by atomic mass is 10.3. The average molecular weight is 385 g/mol. The van der Waals surface area contributed by atoms with Crippen molar-refractivity contribution in [1.29, 1.82) is 0 Å². The second-order valence-corrected chi connectivity index (χ2v) is 6.81. The van der Waals surface area contributed by atoms with Crippen LogP contribution in [0.1, 0.15) is 0 Å². The molecular formula is C10H8BrCl2N3O2S. The van der Waals surface area contributed by atoms with Crippen molar-refractivity contribution in [1.82, 2.24) is 9.55 Å². The topological polar surface area (TPSA) is 64.0 Å². The highest BCUT2D eigenvalue weighted by molar-refractivity contribution is 9.10. The smallest absolute Gasteiger partial charge is 0.282 e. The fourth-order valence-corrected chi connectivity index (χ4v) is 3.52. The molecule has 0 aliphatic carbocycles. The molecule has 19 heavy (non-hydrogen) atoms. The van der Waals surface area contributed by atoms with E-state index in [-0.39, 0.29) is 10.2 Å². The minimum Gasteiger partial charge on any atom is -0.324 e. The molecule has 1 aromatic heterocycles. The molecule has 0 radical (unpaired) electrons. The van der Waals surface area contributed by atoms with Gasteiger partial charge in [0.25, 0.3) is 10.0 Å². The maximum atomic E-state index is 12.2. The monoisotopic (exact) mass is 383 g/mol. The fraction of sp³-hybridized carbons (Fsp3) is 0.100. The van der Waals surface area contributed by atoms with E-state index < -0.39 is 10.0 Å². The third-order valence-corrected chi connectivity index (χ3v) is 5.54. The molecule has 1 heterocycles. The van der Waals surface area contributed by atoms with Crippen LogP contribution >= 0.6 is 39.1 Å². The van der Waals surface area contributed by atoms with E-state index in [1.807, 2.05) is 0 Å². The van der Waals surface area contributed by atoms with E-state index in [4.69, 9.17) is 23.2 Å². The van der Waals surface area contributed by atoms with E-state index in [2.05, 4.69) is 25.6 Å². The van der Waals surface area contributed by atoms with Crippen molar-refractivity contribution in [2.75, 3.05) is 4.72 Å². The van der Waals surface area contributed by atoms with Crippen LogP contribution in [-0.4, -0.2) is 18.0 Å². The number of rotatable bonds is 3. The van der Waals surface area contributed by atoms with Crippen molar-refractivity contribution in [2.45, 2.75) is 5.03 Å². The number of aryl methyl sites for hydroxylation is 1. The highest BCUT2D eigenvalue weighted by Gasteiger charge is 2.23. The number of sulfonamides is 1. The number of halogens is 3. The standard InChI is InChI=1S/C10H8BrCl2N3O2S/c1-16-5-14-10(9(16)13)19(17,18)15-7-4-2-3-6(12)8(7)11/h2-5,15H,1H3. The van der Waals surface area contributed by atoms with Crippen molar-refractivity contribution in [3.8, 4) is 0 Å². The van der Waals surface area contributed by atoms with Crippen LogP contribution in [0.15, 0.2) is 34.0 Å². The number of nitrogens with one attached hydrogen (secondary N) is 1. The van der Waals surface area contributed by atoms with Crippen molar-refractivity contribution < 1.29 is 8.42 Å². The Bertz CT molecular complexity index is 730. The first kappa shape index (κ1) is 14.6. The van der Waals surface area contributed by atoms with Crippen molar-refractivity contribution in [3.63, 3.8) is 0 Å². The predicted molar refractivity (Wildman–Crippen MR) is 78.2 cm³/mol. The normalized spacial score (nSPS) is 11.6. The lowest BCUT2D eigenvalue weighted by Gasteiger charge is -2.09. The second kappa shape index (κ2) is 5.32. The molecule has 5 nitrogen and oxygen atoms in total. The molecule has 0 saturated heterocycles. The summed E-state index contributed by atoms with van der Waals surface area (Å²) in [6, 6.07) is 4.84. The summed E-state index contributed by atoms with van der Waals surface area (Å²) >= 11 is 15.0. The average Bonchev–Trinajstić information content (AvgIpc) is 2.66. The molecule has 0 unspecified atom stereocenters. The summed E-state index contributed by atoms with van der Waals surface area (Å²) in [6.45, 7) is 0. The van der Waals surface area contributed by atoms with Crippen molar-refractivity contribution in [3.05, 3.63) is 39.2 Å². The molecule has 1 N–H and O–H groups in total. The van der Waals surface area contributed by atoms with E-state index in [1.165, 1.54) is 10.9 Å². The largest absolute Gasteiger partial charge is 0.324 e. The fourth-order valence-electron chi connectivity index (χ4n) is 1.35. The minimum absolute atomic E-state index is 0.0330. The van der Waals surface area contributed by atoms with Crippen LogP contribution in [0.4, 0.5) is 5.69 Å². The van der Waals surface area contributed by atoms with Crippen LogP contribution in [0.3, 0.4) is 0 Å². The summed E-state index contributed by atoms with van der Waals surface area (Å²) in [6.07, 6.45) is 1.32. The Morgan fingerprint density at radius 2 is 2.05 bits per heavy atom. The lowest BCUT2D eigenvalue weighted by Crippen LogP contribution is -2.14. The van der Waals surface area contributed by atoms with Crippen LogP contribution in [0.5, 0.6) is 0 Å². The molecule has 2 aromatic rings. The van der Waals surface area contributed by atoms with Crippen LogP contribution in [0.2, 0.25) is 10.2 Å². The molecule has 0 atom stereocenters. The summed E-state index contributed by atoms with van der Waals surface area (Å²) in [5, 5.41) is 0.196. The van der Waals surface area contributed by atoms with Gasteiger partial charge in [-0.25, -0.2) is 4.98 Å². The summed E-state index contributed by atoms with van der Waals surface area (Å²) in [4.78, 5) is 3.77. The number of hydrogen-bond acceptors (Lipinski definition) is 3. The number of nitrogens with zero attached hydrogens (tertiary/aromatic N) is 2. The zero-order chi connectivity index (χ0) is 14.2. The van der Waals surface area contributed by atoms with Crippen molar-refractivity contribution >= 4 is 54.8 Å². The third kappa shape index (κ3) is 2.89. The summed E-state index contributed by atoms with van der Waals surface area (Å²) < 4.78 is 28.6. The molecule has 2 rings (SSSR count). The minimum atomic E-state index is -3.86. The molecule has 0 saturated carbocycles. The number of aromatic nitrogens is 2. The van der Waals surface area contributed by atoms with E-state index in [0.29, 0.717) is 15.2 Å². The van der Waals surface area contributed by atoms with Gasteiger partial charge in [0.2, 0.25) is 5.03 Å². The van der Waals surface area contributed by atoms with Gasteiger partial charge in [0, 0.05) is 7.05 Å². The van der Waals surface area contributed by atoms with E-state index >= 15 is 0 Å². The van der Waals surface area contributed by atoms with Gasteiger partial charge in [0.1, 0.15) is 5.15 Å². The quantitative estimate of drug-likeness (QED) is 0.882. The second-order valence-electron chi connectivity index (χ2n) is 3.66. The Morgan fingerprint density at radius 3 is 2.63 bits per heavy atom. The van der Waals surface area contributed by atoms with E-state index in [9.17, 15) is 8.42 Å². The Labute approximate surface area is 128 Å². The lowest BCUT2D eigenvalue weighted by molar-refractivity contribution is 0.598. The maximum Gasteiger partial charge on any atom is 0.282 e. The van der Waals surface area contributed by atoms with Gasteiger partial charge in [0.15, 0.2) is 0 Å². The molecule has 0 aliphatic heterocycles. The van der Waals surface area contributed by atoms with Gasteiger partial charge in [-0.05, 0) is 28.1 Å².